The third-order valence-corrected chi connectivity index (χ3v) is 3.39. The molecule has 0 atom stereocenters. The second-order valence-electron chi connectivity index (χ2n) is 4.64. The molecule has 1 aromatic heterocycles. The summed E-state index contributed by atoms with van der Waals surface area (Å²) < 4.78 is 0. The van der Waals surface area contributed by atoms with Gasteiger partial charge in [0.2, 0.25) is 0 Å². The van der Waals surface area contributed by atoms with Crippen molar-refractivity contribution >= 4 is 5.57 Å². The average molecular weight is 242 g/mol. The minimum absolute atomic E-state index is 1.03. The molecular formula is C16H22N2. The van der Waals surface area contributed by atoms with E-state index < -0.39 is 0 Å². The van der Waals surface area contributed by atoms with Crippen LogP contribution in [0.25, 0.3) is 5.57 Å². The standard InChI is InChI=1S/C14H16N2.C2H6/c1-10-9-12-7-4-6-11-5-2-3-8-13(11)14(12)16-15-10;1-2/h5,8-9H,2-4,6-7H2,1H3;1-2H3. The van der Waals surface area contributed by atoms with Crippen molar-refractivity contribution in [3.63, 3.8) is 0 Å². The minimum Gasteiger partial charge on any atom is -0.155 e. The highest BCUT2D eigenvalue weighted by molar-refractivity contribution is 5.79. The topological polar surface area (TPSA) is 25.8 Å². The van der Waals surface area contributed by atoms with Crippen molar-refractivity contribution in [2.24, 2.45) is 0 Å². The first-order valence-corrected chi connectivity index (χ1v) is 7.08. The Bertz CT molecular complexity index is 484. The number of fused-ring (bicyclic) bond motifs is 3. The molecule has 1 heterocycles. The summed E-state index contributed by atoms with van der Waals surface area (Å²) in [5, 5.41) is 8.61. The molecule has 0 saturated heterocycles. The number of aryl methyl sites for hydroxylation is 2. The second kappa shape index (κ2) is 5.94. The van der Waals surface area contributed by atoms with Crippen LogP contribution in [0.2, 0.25) is 0 Å². The Kier molecular flexibility index (Phi) is 4.29. The predicted octanol–water partition coefficient (Wildman–Crippen LogP) is 4.25. The van der Waals surface area contributed by atoms with Crippen LogP contribution in [0.1, 0.15) is 56.5 Å². The van der Waals surface area contributed by atoms with Crippen LogP contribution in [0.5, 0.6) is 0 Å². The van der Waals surface area contributed by atoms with E-state index in [1.165, 1.54) is 36.0 Å². The van der Waals surface area contributed by atoms with Gasteiger partial charge in [0.05, 0.1) is 11.4 Å². The molecule has 18 heavy (non-hydrogen) atoms. The monoisotopic (exact) mass is 242 g/mol. The van der Waals surface area contributed by atoms with Crippen LogP contribution in [0.4, 0.5) is 0 Å². The quantitative estimate of drug-likeness (QED) is 0.679. The number of hydrogen-bond donors (Lipinski definition) is 0. The summed E-state index contributed by atoms with van der Waals surface area (Å²) in [6.45, 7) is 6.02. The van der Waals surface area contributed by atoms with E-state index >= 15 is 0 Å². The van der Waals surface area contributed by atoms with Gasteiger partial charge in [-0.25, -0.2) is 0 Å². The SMILES string of the molecule is CC.Cc1cc2c(nn1)C1=CCCC=C1CCC2. The number of rotatable bonds is 0. The van der Waals surface area contributed by atoms with Crippen LogP contribution in [0.3, 0.4) is 0 Å². The summed E-state index contributed by atoms with van der Waals surface area (Å²) in [6, 6.07) is 2.20. The first kappa shape index (κ1) is 13.0. The zero-order valence-electron chi connectivity index (χ0n) is 11.7. The third-order valence-electron chi connectivity index (χ3n) is 3.39. The van der Waals surface area contributed by atoms with Crippen LogP contribution in [0.15, 0.2) is 23.8 Å². The first-order valence-electron chi connectivity index (χ1n) is 7.08. The molecule has 0 amide bonds. The average Bonchev–Trinajstić information content (AvgIpc) is 2.59. The van der Waals surface area contributed by atoms with Gasteiger partial charge in [0.15, 0.2) is 0 Å². The first-order chi connectivity index (χ1) is 8.84. The van der Waals surface area contributed by atoms with Gasteiger partial charge in [-0.3, -0.25) is 0 Å². The summed E-state index contributed by atoms with van der Waals surface area (Å²) in [5.74, 6) is 0. The highest BCUT2D eigenvalue weighted by Crippen LogP contribution is 2.35. The molecule has 2 heteroatoms. The fourth-order valence-electron chi connectivity index (χ4n) is 2.64. The van der Waals surface area contributed by atoms with Crippen molar-refractivity contribution in [1.82, 2.24) is 10.2 Å². The van der Waals surface area contributed by atoms with E-state index in [2.05, 4.69) is 28.4 Å². The van der Waals surface area contributed by atoms with E-state index in [0.717, 1.165) is 24.2 Å². The Labute approximate surface area is 110 Å². The highest BCUT2D eigenvalue weighted by Gasteiger charge is 2.19. The Morgan fingerprint density at radius 3 is 2.61 bits per heavy atom. The summed E-state index contributed by atoms with van der Waals surface area (Å²) in [7, 11) is 0. The van der Waals surface area contributed by atoms with Gasteiger partial charge < -0.3 is 0 Å². The molecule has 0 N–H and O–H groups in total. The van der Waals surface area contributed by atoms with Gasteiger partial charge in [-0.2, -0.15) is 5.10 Å². The lowest BCUT2D eigenvalue weighted by Gasteiger charge is -2.14. The van der Waals surface area contributed by atoms with E-state index in [4.69, 9.17) is 0 Å². The normalized spacial score (nSPS) is 17.3. The number of allylic oxidation sites excluding steroid dienone is 4. The van der Waals surface area contributed by atoms with Gasteiger partial charge >= 0.3 is 0 Å². The maximum Gasteiger partial charge on any atom is 0.0961 e. The molecule has 2 aliphatic rings. The van der Waals surface area contributed by atoms with E-state index in [1.807, 2.05) is 20.8 Å². The van der Waals surface area contributed by atoms with E-state index in [1.54, 1.807) is 0 Å². The van der Waals surface area contributed by atoms with E-state index in [0.29, 0.717) is 0 Å². The molecule has 96 valence electrons. The van der Waals surface area contributed by atoms with E-state index in [-0.39, 0.29) is 0 Å². The molecular weight excluding hydrogens is 220 g/mol. The molecule has 0 fully saturated rings. The third kappa shape index (κ3) is 2.53. The van der Waals surface area contributed by atoms with Crippen molar-refractivity contribution in [2.45, 2.75) is 52.9 Å². The molecule has 0 aromatic carbocycles. The molecule has 2 aliphatic carbocycles. The van der Waals surface area contributed by atoms with Gasteiger partial charge in [-0.15, -0.1) is 5.10 Å². The van der Waals surface area contributed by atoms with Crippen LogP contribution >= 0.6 is 0 Å². The predicted molar refractivity (Wildman–Crippen MR) is 76.3 cm³/mol. The van der Waals surface area contributed by atoms with E-state index in [9.17, 15) is 0 Å². The fraction of sp³-hybridized carbons (Fsp3) is 0.500. The zero-order valence-corrected chi connectivity index (χ0v) is 11.7. The Morgan fingerprint density at radius 1 is 1.00 bits per heavy atom. The minimum atomic E-state index is 1.03. The lowest BCUT2D eigenvalue weighted by molar-refractivity contribution is 0.822. The molecule has 3 rings (SSSR count). The fourth-order valence-corrected chi connectivity index (χ4v) is 2.64. The van der Waals surface area contributed by atoms with Gasteiger partial charge in [0, 0.05) is 5.57 Å². The molecule has 0 spiro atoms. The van der Waals surface area contributed by atoms with Crippen LogP contribution < -0.4 is 0 Å². The second-order valence-corrected chi connectivity index (χ2v) is 4.64. The summed E-state index contributed by atoms with van der Waals surface area (Å²) in [4.78, 5) is 0. The maximum atomic E-state index is 4.40. The van der Waals surface area contributed by atoms with Crippen molar-refractivity contribution < 1.29 is 0 Å². The number of nitrogens with zero attached hydrogens (tertiary/aromatic N) is 2. The maximum absolute atomic E-state index is 4.40. The highest BCUT2D eigenvalue weighted by atomic mass is 15.1. The molecule has 0 radical (unpaired) electrons. The van der Waals surface area contributed by atoms with Gasteiger partial charge in [-0.1, -0.05) is 26.0 Å². The van der Waals surface area contributed by atoms with Crippen molar-refractivity contribution in [2.75, 3.05) is 0 Å². The summed E-state index contributed by atoms with van der Waals surface area (Å²) in [6.07, 6.45) is 10.6. The Morgan fingerprint density at radius 2 is 1.78 bits per heavy atom. The lowest BCUT2D eigenvalue weighted by Crippen LogP contribution is -2.01. The van der Waals surface area contributed by atoms with Crippen molar-refractivity contribution in [1.29, 1.82) is 0 Å². The van der Waals surface area contributed by atoms with Crippen LogP contribution in [0, 0.1) is 6.92 Å². The Balaban J connectivity index is 0.000000574. The van der Waals surface area contributed by atoms with Crippen molar-refractivity contribution in [3.05, 3.63) is 40.7 Å². The smallest absolute Gasteiger partial charge is 0.0961 e. The van der Waals surface area contributed by atoms with Crippen LogP contribution in [-0.2, 0) is 6.42 Å². The zero-order chi connectivity index (χ0) is 13.0. The summed E-state index contributed by atoms with van der Waals surface area (Å²) in [5.41, 5.74) is 6.38. The molecule has 0 aliphatic heterocycles. The molecule has 1 aromatic rings. The lowest BCUT2D eigenvalue weighted by atomic mass is 9.93. The summed E-state index contributed by atoms with van der Waals surface area (Å²) >= 11 is 0. The van der Waals surface area contributed by atoms with Crippen LogP contribution in [-0.4, -0.2) is 10.2 Å². The number of aromatic nitrogens is 2. The molecule has 0 saturated carbocycles. The molecule has 0 bridgehead atoms. The van der Waals surface area contributed by atoms with Crippen molar-refractivity contribution in [3.8, 4) is 0 Å². The Hall–Kier alpha value is -1.44. The largest absolute Gasteiger partial charge is 0.155 e. The molecule has 0 unspecified atom stereocenters. The van der Waals surface area contributed by atoms with Gasteiger partial charge in [0.25, 0.3) is 0 Å². The van der Waals surface area contributed by atoms with Gasteiger partial charge in [0.1, 0.15) is 0 Å². The molecule has 2 nitrogen and oxygen atoms in total. The van der Waals surface area contributed by atoms with Gasteiger partial charge in [-0.05, 0) is 56.2 Å². The number of hydrogen-bond acceptors (Lipinski definition) is 2.